The minimum absolute atomic E-state index is 0.354. The molecule has 0 bridgehead atoms. The Morgan fingerprint density at radius 2 is 1.82 bits per heavy atom. The third kappa shape index (κ3) is 4.02. The first-order valence-corrected chi connectivity index (χ1v) is 12.9. The second-order valence-electron chi connectivity index (χ2n) is 10.2. The van der Waals surface area contributed by atoms with Crippen molar-refractivity contribution in [2.45, 2.75) is 58.0 Å². The fourth-order valence-electron chi connectivity index (χ4n) is 5.73. The van der Waals surface area contributed by atoms with E-state index < -0.39 is 0 Å². The van der Waals surface area contributed by atoms with Crippen LogP contribution >= 0.6 is 0 Å². The SMILES string of the molecule is CC(C)Nc1cccc2c(-c3nc4ccc(N5CCC(N6CCCCC6)CC5)cc4[nH]3)n[nH]c12. The first kappa shape index (κ1) is 21.5. The second-order valence-corrected chi connectivity index (χ2v) is 10.2. The molecule has 0 atom stereocenters. The van der Waals surface area contributed by atoms with Crippen LogP contribution in [0.1, 0.15) is 46.0 Å². The number of H-pyrrole nitrogens is 2. The molecule has 0 saturated carbocycles. The number of likely N-dealkylation sites (tertiary alicyclic amines) is 1. The molecule has 0 unspecified atom stereocenters. The van der Waals surface area contributed by atoms with Gasteiger partial charge in [-0.2, -0.15) is 5.10 Å². The van der Waals surface area contributed by atoms with Gasteiger partial charge in [-0.05, 0) is 76.9 Å². The van der Waals surface area contributed by atoms with Crippen LogP contribution in [0.5, 0.6) is 0 Å². The van der Waals surface area contributed by atoms with Crippen molar-refractivity contribution < 1.29 is 0 Å². The van der Waals surface area contributed by atoms with Crippen LogP contribution in [0.4, 0.5) is 11.4 Å². The van der Waals surface area contributed by atoms with Crippen LogP contribution in [0.2, 0.25) is 0 Å². The van der Waals surface area contributed by atoms with E-state index in [0.29, 0.717) is 6.04 Å². The van der Waals surface area contributed by atoms with Gasteiger partial charge in [0.2, 0.25) is 0 Å². The lowest BCUT2D eigenvalue weighted by Crippen LogP contribution is -2.46. The van der Waals surface area contributed by atoms with Crippen LogP contribution in [-0.4, -0.2) is 63.3 Å². The highest BCUT2D eigenvalue weighted by Gasteiger charge is 2.26. The Bertz CT molecular complexity index is 1270. The van der Waals surface area contributed by atoms with Crippen molar-refractivity contribution >= 4 is 33.3 Å². The summed E-state index contributed by atoms with van der Waals surface area (Å²) in [7, 11) is 0. The molecular formula is C27H35N7. The van der Waals surface area contributed by atoms with Crippen molar-refractivity contribution in [2.75, 3.05) is 36.4 Å². The Kier molecular flexibility index (Phi) is 5.65. The molecule has 4 aromatic rings. The number of aromatic amines is 2. The number of fused-ring (bicyclic) bond motifs is 2. The molecule has 0 amide bonds. The summed E-state index contributed by atoms with van der Waals surface area (Å²) in [6, 6.07) is 14.0. The number of nitrogens with one attached hydrogen (secondary N) is 3. The van der Waals surface area contributed by atoms with Crippen molar-refractivity contribution in [1.82, 2.24) is 25.1 Å². The number of hydrogen-bond acceptors (Lipinski definition) is 5. The summed E-state index contributed by atoms with van der Waals surface area (Å²) in [5.74, 6) is 0.809. The normalized spacial score (nSPS) is 18.4. The monoisotopic (exact) mass is 457 g/mol. The molecule has 2 aliphatic heterocycles. The van der Waals surface area contributed by atoms with Crippen LogP contribution in [-0.2, 0) is 0 Å². The highest BCUT2D eigenvalue weighted by atomic mass is 15.2. The zero-order chi connectivity index (χ0) is 23.1. The zero-order valence-electron chi connectivity index (χ0n) is 20.3. The third-order valence-corrected chi connectivity index (χ3v) is 7.47. The predicted molar refractivity (Wildman–Crippen MR) is 141 cm³/mol. The summed E-state index contributed by atoms with van der Waals surface area (Å²) in [5.41, 5.74) is 6.28. The summed E-state index contributed by atoms with van der Waals surface area (Å²) >= 11 is 0. The molecule has 3 N–H and O–H groups in total. The quantitative estimate of drug-likeness (QED) is 0.375. The number of benzene rings is 2. The van der Waals surface area contributed by atoms with Crippen molar-refractivity contribution in [1.29, 1.82) is 0 Å². The van der Waals surface area contributed by atoms with Gasteiger partial charge in [-0.25, -0.2) is 4.98 Å². The number of imidazole rings is 1. The smallest absolute Gasteiger partial charge is 0.159 e. The van der Waals surface area contributed by atoms with E-state index in [4.69, 9.17) is 4.98 Å². The average Bonchev–Trinajstić information content (AvgIpc) is 3.48. The van der Waals surface area contributed by atoms with Crippen molar-refractivity contribution in [3.8, 4) is 11.5 Å². The maximum Gasteiger partial charge on any atom is 0.159 e. The van der Waals surface area contributed by atoms with E-state index in [9.17, 15) is 0 Å². The van der Waals surface area contributed by atoms with E-state index in [0.717, 1.165) is 58.3 Å². The summed E-state index contributed by atoms with van der Waals surface area (Å²) in [4.78, 5) is 13.7. The first-order chi connectivity index (χ1) is 16.7. The number of nitrogens with zero attached hydrogens (tertiary/aromatic N) is 4. The predicted octanol–water partition coefficient (Wildman–Crippen LogP) is 5.38. The van der Waals surface area contributed by atoms with Gasteiger partial charge in [-0.1, -0.05) is 18.6 Å². The molecule has 0 aliphatic carbocycles. The first-order valence-electron chi connectivity index (χ1n) is 12.9. The Balaban J connectivity index is 1.23. The van der Waals surface area contributed by atoms with Gasteiger partial charge in [0.15, 0.2) is 5.82 Å². The molecule has 178 valence electrons. The third-order valence-electron chi connectivity index (χ3n) is 7.47. The molecule has 0 spiro atoms. The van der Waals surface area contributed by atoms with E-state index in [1.807, 2.05) is 0 Å². The maximum atomic E-state index is 4.87. The van der Waals surface area contributed by atoms with E-state index in [2.05, 4.69) is 80.5 Å². The van der Waals surface area contributed by atoms with Crippen LogP contribution in [0.3, 0.4) is 0 Å². The summed E-state index contributed by atoms with van der Waals surface area (Å²) in [6.07, 6.45) is 6.68. The fourth-order valence-corrected chi connectivity index (χ4v) is 5.73. The highest BCUT2D eigenvalue weighted by molar-refractivity contribution is 5.99. The molecular weight excluding hydrogens is 422 g/mol. The molecule has 7 nitrogen and oxygen atoms in total. The van der Waals surface area contributed by atoms with Crippen molar-refractivity contribution in [3.05, 3.63) is 36.4 Å². The Hall–Kier alpha value is -3.06. The van der Waals surface area contributed by atoms with Crippen LogP contribution in [0.25, 0.3) is 33.5 Å². The lowest BCUT2D eigenvalue weighted by atomic mass is 9.99. The Morgan fingerprint density at radius 1 is 1.00 bits per heavy atom. The minimum Gasteiger partial charge on any atom is -0.381 e. The summed E-state index contributed by atoms with van der Waals surface area (Å²) < 4.78 is 0. The largest absolute Gasteiger partial charge is 0.381 e. The zero-order valence-corrected chi connectivity index (χ0v) is 20.3. The van der Waals surface area contributed by atoms with Gasteiger partial charge in [0, 0.05) is 36.2 Å². The molecule has 2 fully saturated rings. The van der Waals surface area contributed by atoms with Gasteiger partial charge < -0.3 is 20.1 Å². The Morgan fingerprint density at radius 3 is 2.62 bits per heavy atom. The molecule has 2 aromatic carbocycles. The van der Waals surface area contributed by atoms with Gasteiger partial charge in [0.1, 0.15) is 5.69 Å². The fraction of sp³-hybridized carbons (Fsp3) is 0.481. The van der Waals surface area contributed by atoms with Gasteiger partial charge in [-0.3, -0.25) is 5.10 Å². The molecule has 6 rings (SSSR count). The van der Waals surface area contributed by atoms with E-state index in [1.54, 1.807) is 0 Å². The van der Waals surface area contributed by atoms with E-state index in [1.165, 1.54) is 50.9 Å². The van der Waals surface area contributed by atoms with Gasteiger partial charge in [-0.15, -0.1) is 0 Å². The van der Waals surface area contributed by atoms with Crippen molar-refractivity contribution in [3.63, 3.8) is 0 Å². The standard InChI is InChI=1S/C27H35N7/c1-18(2)28-23-8-6-7-21-25(23)31-32-26(21)27-29-22-10-9-20(17-24(22)30-27)34-15-11-19(12-16-34)33-13-4-3-5-14-33/h6-10,17-19,28H,3-5,11-16H2,1-2H3,(H,29,30)(H,31,32). The summed E-state index contributed by atoms with van der Waals surface area (Å²) in [5, 5.41) is 12.4. The molecule has 34 heavy (non-hydrogen) atoms. The van der Waals surface area contributed by atoms with Crippen LogP contribution in [0, 0.1) is 0 Å². The van der Waals surface area contributed by atoms with Crippen LogP contribution < -0.4 is 10.2 Å². The summed E-state index contributed by atoms with van der Waals surface area (Å²) in [6.45, 7) is 9.13. The molecule has 0 radical (unpaired) electrons. The minimum atomic E-state index is 0.354. The number of aromatic nitrogens is 4. The molecule has 7 heteroatoms. The molecule has 2 aromatic heterocycles. The number of piperidine rings is 2. The van der Waals surface area contributed by atoms with Crippen LogP contribution in [0.15, 0.2) is 36.4 Å². The Labute approximate surface area is 200 Å². The topological polar surface area (TPSA) is 75.9 Å². The van der Waals surface area contributed by atoms with Gasteiger partial charge >= 0.3 is 0 Å². The highest BCUT2D eigenvalue weighted by Crippen LogP contribution is 2.32. The van der Waals surface area contributed by atoms with Gasteiger partial charge in [0.25, 0.3) is 0 Å². The number of hydrogen-bond donors (Lipinski definition) is 3. The number of anilines is 2. The number of rotatable bonds is 5. The van der Waals surface area contributed by atoms with Crippen molar-refractivity contribution in [2.24, 2.45) is 0 Å². The molecule has 2 aliphatic rings. The molecule has 4 heterocycles. The molecule has 2 saturated heterocycles. The second kappa shape index (κ2) is 8.95. The van der Waals surface area contributed by atoms with E-state index >= 15 is 0 Å². The number of para-hydroxylation sites is 1. The maximum absolute atomic E-state index is 4.87. The lowest BCUT2D eigenvalue weighted by molar-refractivity contribution is 0.141. The van der Waals surface area contributed by atoms with E-state index in [-0.39, 0.29) is 0 Å². The van der Waals surface area contributed by atoms with Gasteiger partial charge in [0.05, 0.1) is 22.2 Å². The average molecular weight is 458 g/mol. The lowest BCUT2D eigenvalue weighted by Gasteiger charge is -2.41.